The molecule has 0 saturated heterocycles. The molecule has 0 aromatic heterocycles. The molecule has 0 spiro atoms. The summed E-state index contributed by atoms with van der Waals surface area (Å²) in [4.78, 5) is 0.832. The van der Waals surface area contributed by atoms with E-state index in [0.29, 0.717) is 0 Å². The molecule has 0 heterocycles. The second-order valence-corrected chi connectivity index (χ2v) is 6.12. The minimum atomic E-state index is 0. The highest BCUT2D eigenvalue weighted by Crippen LogP contribution is 2.31. The van der Waals surface area contributed by atoms with Gasteiger partial charge >= 0.3 is 0 Å². The Bertz CT molecular complexity index is 125. The molecule has 1 rings (SSSR count). The van der Waals surface area contributed by atoms with E-state index in [-0.39, 0.29) is 7.43 Å². The lowest BCUT2D eigenvalue weighted by Crippen LogP contribution is -2.13. The van der Waals surface area contributed by atoms with Gasteiger partial charge in [-0.05, 0) is 31.6 Å². The molecule has 0 aliphatic heterocycles. The SMILES string of the molecule is C.CCCCCCC[C@H]1CC[C@H](Br)CC1. The Hall–Kier alpha value is 0.480. The number of rotatable bonds is 6. The van der Waals surface area contributed by atoms with Crippen LogP contribution < -0.4 is 0 Å². The molecule has 0 bridgehead atoms. The minimum Gasteiger partial charge on any atom is -0.0891 e. The van der Waals surface area contributed by atoms with E-state index in [2.05, 4.69) is 22.9 Å². The maximum Gasteiger partial charge on any atom is 0.0146 e. The molecule has 0 aromatic rings. The average molecular weight is 277 g/mol. The zero-order valence-corrected chi connectivity index (χ0v) is 11.2. The lowest BCUT2D eigenvalue weighted by atomic mass is 9.85. The van der Waals surface area contributed by atoms with Gasteiger partial charge < -0.3 is 0 Å². The third-order valence-electron chi connectivity index (χ3n) is 3.49. The fraction of sp³-hybridized carbons (Fsp3) is 1.00. The fourth-order valence-electron chi connectivity index (χ4n) is 2.45. The Morgan fingerprint density at radius 2 is 1.53 bits per heavy atom. The van der Waals surface area contributed by atoms with Gasteiger partial charge in [0.25, 0.3) is 0 Å². The van der Waals surface area contributed by atoms with E-state index in [1.165, 1.54) is 64.2 Å². The van der Waals surface area contributed by atoms with E-state index in [0.717, 1.165) is 10.7 Å². The van der Waals surface area contributed by atoms with Gasteiger partial charge in [0.2, 0.25) is 0 Å². The molecule has 0 nitrogen and oxygen atoms in total. The van der Waals surface area contributed by atoms with Crippen molar-refractivity contribution in [2.45, 2.75) is 83.4 Å². The smallest absolute Gasteiger partial charge is 0.0146 e. The molecule has 0 radical (unpaired) electrons. The van der Waals surface area contributed by atoms with E-state index < -0.39 is 0 Å². The van der Waals surface area contributed by atoms with Crippen LogP contribution in [0.5, 0.6) is 0 Å². The molecule has 1 aliphatic rings. The summed E-state index contributed by atoms with van der Waals surface area (Å²) in [5, 5.41) is 0. The van der Waals surface area contributed by atoms with Gasteiger partial charge in [0.15, 0.2) is 0 Å². The lowest BCUT2D eigenvalue weighted by Gasteiger charge is -2.25. The third-order valence-corrected chi connectivity index (χ3v) is 4.41. The first-order chi connectivity index (χ1) is 6.83. The number of unbranched alkanes of at least 4 members (excludes halogenated alkanes) is 4. The highest BCUT2D eigenvalue weighted by molar-refractivity contribution is 9.09. The van der Waals surface area contributed by atoms with Crippen molar-refractivity contribution in [2.24, 2.45) is 5.92 Å². The molecule has 0 atom stereocenters. The Morgan fingerprint density at radius 1 is 0.933 bits per heavy atom. The van der Waals surface area contributed by atoms with Crippen molar-refractivity contribution in [3.05, 3.63) is 0 Å². The number of alkyl halides is 1. The first-order valence-electron chi connectivity index (χ1n) is 6.47. The highest BCUT2D eigenvalue weighted by Gasteiger charge is 2.18. The summed E-state index contributed by atoms with van der Waals surface area (Å²) < 4.78 is 0. The standard InChI is InChI=1S/C13H25Br.CH4/c1-2-3-4-5-6-7-12-8-10-13(14)11-9-12;/h12-13H,2-11H2,1H3;1H4/t12-,13-;. The molecule has 92 valence electrons. The zero-order chi connectivity index (χ0) is 10.2. The topological polar surface area (TPSA) is 0 Å². The van der Waals surface area contributed by atoms with Crippen LogP contribution >= 0.6 is 15.9 Å². The molecule has 0 N–H and O–H groups in total. The summed E-state index contributed by atoms with van der Waals surface area (Å²) >= 11 is 3.72. The van der Waals surface area contributed by atoms with Crippen LogP contribution in [-0.4, -0.2) is 4.83 Å². The van der Waals surface area contributed by atoms with E-state index in [4.69, 9.17) is 0 Å². The molecule has 1 aliphatic carbocycles. The Balaban J connectivity index is 0.00000196. The van der Waals surface area contributed by atoms with Crippen LogP contribution in [0.25, 0.3) is 0 Å². The number of hydrogen-bond acceptors (Lipinski definition) is 0. The lowest BCUT2D eigenvalue weighted by molar-refractivity contribution is 0.336. The Kier molecular flexibility index (Phi) is 10.00. The zero-order valence-electron chi connectivity index (χ0n) is 9.60. The van der Waals surface area contributed by atoms with Gasteiger partial charge in [0.1, 0.15) is 0 Å². The monoisotopic (exact) mass is 276 g/mol. The van der Waals surface area contributed by atoms with E-state index >= 15 is 0 Å². The van der Waals surface area contributed by atoms with Crippen LogP contribution in [0.4, 0.5) is 0 Å². The van der Waals surface area contributed by atoms with Crippen molar-refractivity contribution in [3.63, 3.8) is 0 Å². The summed E-state index contributed by atoms with van der Waals surface area (Å²) in [7, 11) is 0. The van der Waals surface area contributed by atoms with Gasteiger partial charge in [-0.3, -0.25) is 0 Å². The van der Waals surface area contributed by atoms with E-state index in [9.17, 15) is 0 Å². The molecule has 1 fully saturated rings. The first kappa shape index (κ1) is 15.5. The van der Waals surface area contributed by atoms with Crippen molar-refractivity contribution >= 4 is 15.9 Å². The summed E-state index contributed by atoms with van der Waals surface area (Å²) in [5.41, 5.74) is 0. The summed E-state index contributed by atoms with van der Waals surface area (Å²) in [5.74, 6) is 1.06. The molecule has 0 aromatic carbocycles. The third kappa shape index (κ3) is 7.38. The second-order valence-electron chi connectivity index (χ2n) is 4.82. The van der Waals surface area contributed by atoms with Gasteiger partial charge in [-0.1, -0.05) is 68.8 Å². The van der Waals surface area contributed by atoms with Crippen LogP contribution in [0.2, 0.25) is 0 Å². The normalized spacial score (nSPS) is 26.0. The van der Waals surface area contributed by atoms with Gasteiger partial charge in [-0.25, -0.2) is 0 Å². The van der Waals surface area contributed by atoms with Crippen molar-refractivity contribution in [1.29, 1.82) is 0 Å². The predicted molar refractivity (Wildman–Crippen MR) is 74.8 cm³/mol. The van der Waals surface area contributed by atoms with Gasteiger partial charge in [-0.2, -0.15) is 0 Å². The van der Waals surface area contributed by atoms with Gasteiger partial charge in [0.05, 0.1) is 0 Å². The van der Waals surface area contributed by atoms with Crippen molar-refractivity contribution in [3.8, 4) is 0 Å². The number of halogens is 1. The minimum absolute atomic E-state index is 0. The van der Waals surface area contributed by atoms with E-state index in [1.54, 1.807) is 0 Å². The fourth-order valence-corrected chi connectivity index (χ4v) is 2.98. The van der Waals surface area contributed by atoms with Crippen molar-refractivity contribution in [1.82, 2.24) is 0 Å². The Labute approximate surface area is 105 Å². The molecule has 1 saturated carbocycles. The maximum atomic E-state index is 3.72. The quantitative estimate of drug-likeness (QED) is 0.416. The van der Waals surface area contributed by atoms with Crippen molar-refractivity contribution < 1.29 is 0 Å². The van der Waals surface area contributed by atoms with Crippen LogP contribution in [0, 0.1) is 5.92 Å². The number of hydrogen-bond donors (Lipinski definition) is 0. The van der Waals surface area contributed by atoms with Crippen LogP contribution in [-0.2, 0) is 0 Å². The molecule has 0 amide bonds. The van der Waals surface area contributed by atoms with Crippen molar-refractivity contribution in [2.75, 3.05) is 0 Å². The molecule has 0 unspecified atom stereocenters. The first-order valence-corrected chi connectivity index (χ1v) is 7.38. The summed E-state index contributed by atoms with van der Waals surface area (Å²) in [6.45, 7) is 2.29. The maximum absolute atomic E-state index is 3.72. The van der Waals surface area contributed by atoms with E-state index in [1.807, 2.05) is 0 Å². The highest BCUT2D eigenvalue weighted by atomic mass is 79.9. The van der Waals surface area contributed by atoms with Gasteiger partial charge in [-0.15, -0.1) is 0 Å². The molecular formula is C14H29Br. The molecular weight excluding hydrogens is 248 g/mol. The summed E-state index contributed by atoms with van der Waals surface area (Å²) in [6.07, 6.45) is 14.5. The van der Waals surface area contributed by atoms with Crippen LogP contribution in [0.15, 0.2) is 0 Å². The van der Waals surface area contributed by atoms with Gasteiger partial charge in [0, 0.05) is 4.83 Å². The molecule has 15 heavy (non-hydrogen) atoms. The second kappa shape index (κ2) is 9.69. The largest absolute Gasteiger partial charge is 0.0891 e. The molecule has 1 heteroatoms. The van der Waals surface area contributed by atoms with Crippen LogP contribution in [0.3, 0.4) is 0 Å². The predicted octanol–water partition coefficient (Wildman–Crippen LogP) is 5.94. The Morgan fingerprint density at radius 3 is 2.13 bits per heavy atom. The average Bonchev–Trinajstić information content (AvgIpc) is 2.21. The summed E-state index contributed by atoms with van der Waals surface area (Å²) in [6, 6.07) is 0. The van der Waals surface area contributed by atoms with Crippen LogP contribution in [0.1, 0.15) is 78.6 Å².